The van der Waals surface area contributed by atoms with Gasteiger partial charge in [-0.3, -0.25) is 10.1 Å². The molecule has 128 valence electrons. The third kappa shape index (κ3) is 3.25. The van der Waals surface area contributed by atoms with Crippen LogP contribution in [0.4, 0.5) is 5.69 Å². The van der Waals surface area contributed by atoms with Gasteiger partial charge >= 0.3 is 0 Å². The number of fused-ring (bicyclic) bond motifs is 1. The van der Waals surface area contributed by atoms with E-state index >= 15 is 0 Å². The summed E-state index contributed by atoms with van der Waals surface area (Å²) in [5.74, 6) is 1.54. The van der Waals surface area contributed by atoms with Gasteiger partial charge in [-0.25, -0.2) is 4.98 Å². The summed E-state index contributed by atoms with van der Waals surface area (Å²) < 4.78 is 5.74. The first-order valence-corrected chi connectivity index (χ1v) is 8.10. The van der Waals surface area contributed by atoms with Gasteiger partial charge in [0.25, 0.3) is 5.69 Å². The molecule has 0 amide bonds. The van der Waals surface area contributed by atoms with E-state index in [2.05, 4.69) is 9.97 Å². The Hall–Kier alpha value is -3.67. The highest BCUT2D eigenvalue weighted by atomic mass is 16.6. The van der Waals surface area contributed by atoms with Crippen LogP contribution in [0.25, 0.3) is 22.4 Å². The van der Waals surface area contributed by atoms with Crippen molar-refractivity contribution in [3.05, 3.63) is 88.5 Å². The Morgan fingerprint density at radius 1 is 0.962 bits per heavy atom. The van der Waals surface area contributed by atoms with Crippen LogP contribution in [-0.4, -0.2) is 14.9 Å². The first kappa shape index (κ1) is 15.8. The van der Waals surface area contributed by atoms with Crippen LogP contribution in [0.2, 0.25) is 0 Å². The van der Waals surface area contributed by atoms with Gasteiger partial charge in [0.05, 0.1) is 16.0 Å². The van der Waals surface area contributed by atoms with Crippen LogP contribution >= 0.6 is 0 Å². The molecule has 1 N–H and O–H groups in total. The summed E-state index contributed by atoms with van der Waals surface area (Å²) in [5.41, 5.74) is 3.85. The molecule has 0 unspecified atom stereocenters. The van der Waals surface area contributed by atoms with Crippen molar-refractivity contribution in [1.29, 1.82) is 0 Å². The molecule has 6 nitrogen and oxygen atoms in total. The second-order valence-electron chi connectivity index (χ2n) is 5.84. The third-order valence-corrected chi connectivity index (χ3v) is 4.07. The quantitative estimate of drug-likeness (QED) is 0.419. The number of ether oxygens (including phenoxy) is 1. The average molecular weight is 345 g/mol. The van der Waals surface area contributed by atoms with E-state index in [1.54, 1.807) is 12.1 Å². The van der Waals surface area contributed by atoms with Crippen molar-refractivity contribution in [2.24, 2.45) is 0 Å². The summed E-state index contributed by atoms with van der Waals surface area (Å²) in [6, 6.07) is 21.9. The van der Waals surface area contributed by atoms with Crippen molar-refractivity contribution in [2.75, 3.05) is 0 Å². The minimum atomic E-state index is -0.415. The Labute approximate surface area is 149 Å². The lowest BCUT2D eigenvalue weighted by atomic mass is 10.2. The molecule has 0 spiro atoms. The molecule has 1 heterocycles. The van der Waals surface area contributed by atoms with Crippen LogP contribution in [0.15, 0.2) is 72.8 Å². The molecule has 0 aliphatic carbocycles. The predicted molar refractivity (Wildman–Crippen MR) is 99.0 cm³/mol. The van der Waals surface area contributed by atoms with Gasteiger partial charge in [-0.2, -0.15) is 0 Å². The Kier molecular flexibility index (Phi) is 4.07. The van der Waals surface area contributed by atoms with Crippen molar-refractivity contribution in [1.82, 2.24) is 9.97 Å². The van der Waals surface area contributed by atoms with Crippen molar-refractivity contribution in [3.8, 4) is 17.1 Å². The minimum Gasteiger partial charge on any atom is -0.489 e. The monoisotopic (exact) mass is 345 g/mol. The number of rotatable bonds is 5. The standard InChI is InChI=1S/C20H15N3O3/c24-23(25)16-9-5-14(6-10-16)13-26-17-11-7-15(8-12-17)20-21-18-3-1-2-4-19(18)22-20/h1-12H,13H2,(H,21,22). The topological polar surface area (TPSA) is 81.1 Å². The summed E-state index contributed by atoms with van der Waals surface area (Å²) in [4.78, 5) is 18.1. The fourth-order valence-electron chi connectivity index (χ4n) is 2.68. The van der Waals surface area contributed by atoms with Gasteiger partial charge in [0.1, 0.15) is 18.2 Å². The number of benzene rings is 3. The molecule has 3 aromatic carbocycles. The van der Waals surface area contributed by atoms with E-state index in [-0.39, 0.29) is 5.69 Å². The van der Waals surface area contributed by atoms with Crippen LogP contribution in [0.1, 0.15) is 5.56 Å². The third-order valence-electron chi connectivity index (χ3n) is 4.07. The molecule has 6 heteroatoms. The van der Waals surface area contributed by atoms with E-state index in [9.17, 15) is 10.1 Å². The van der Waals surface area contributed by atoms with Gasteiger partial charge in [-0.05, 0) is 54.1 Å². The number of nitrogens with one attached hydrogen (secondary N) is 1. The molecular weight excluding hydrogens is 330 g/mol. The minimum absolute atomic E-state index is 0.0731. The van der Waals surface area contributed by atoms with E-state index in [1.165, 1.54) is 12.1 Å². The molecule has 0 bridgehead atoms. The summed E-state index contributed by atoms with van der Waals surface area (Å²) >= 11 is 0. The van der Waals surface area contributed by atoms with Crippen LogP contribution in [0.5, 0.6) is 5.75 Å². The number of nitro groups is 1. The van der Waals surface area contributed by atoms with Gasteiger partial charge in [-0.1, -0.05) is 12.1 Å². The molecule has 1 aromatic heterocycles. The fraction of sp³-hybridized carbons (Fsp3) is 0.0500. The zero-order chi connectivity index (χ0) is 17.9. The number of para-hydroxylation sites is 2. The molecule has 0 radical (unpaired) electrons. The Balaban J connectivity index is 1.45. The Bertz CT molecular complexity index is 1020. The number of nitro benzene ring substituents is 1. The van der Waals surface area contributed by atoms with E-state index in [0.29, 0.717) is 6.61 Å². The van der Waals surface area contributed by atoms with E-state index in [4.69, 9.17) is 4.74 Å². The average Bonchev–Trinajstić information content (AvgIpc) is 3.11. The number of nitrogens with zero attached hydrogens (tertiary/aromatic N) is 2. The Morgan fingerprint density at radius 3 is 2.38 bits per heavy atom. The van der Waals surface area contributed by atoms with Crippen LogP contribution in [0.3, 0.4) is 0 Å². The summed E-state index contributed by atoms with van der Waals surface area (Å²) in [6.45, 7) is 0.349. The lowest BCUT2D eigenvalue weighted by Gasteiger charge is -2.06. The highest BCUT2D eigenvalue weighted by molar-refractivity contribution is 5.79. The maximum atomic E-state index is 10.7. The van der Waals surface area contributed by atoms with Crippen molar-refractivity contribution < 1.29 is 9.66 Å². The number of aromatic nitrogens is 2. The molecule has 0 aliphatic heterocycles. The highest BCUT2D eigenvalue weighted by Crippen LogP contribution is 2.23. The summed E-state index contributed by atoms with van der Waals surface area (Å²) in [7, 11) is 0. The lowest BCUT2D eigenvalue weighted by Crippen LogP contribution is -1.96. The first-order chi connectivity index (χ1) is 12.7. The maximum Gasteiger partial charge on any atom is 0.269 e. The molecule has 0 aliphatic rings. The highest BCUT2D eigenvalue weighted by Gasteiger charge is 2.06. The van der Waals surface area contributed by atoms with Crippen molar-refractivity contribution in [3.63, 3.8) is 0 Å². The second kappa shape index (κ2) is 6.68. The van der Waals surface area contributed by atoms with Crippen LogP contribution < -0.4 is 4.74 Å². The normalized spacial score (nSPS) is 10.8. The number of non-ortho nitro benzene ring substituents is 1. The number of hydrogen-bond donors (Lipinski definition) is 1. The van der Waals surface area contributed by atoms with Gasteiger partial charge in [0.15, 0.2) is 0 Å². The zero-order valence-electron chi connectivity index (χ0n) is 13.8. The van der Waals surface area contributed by atoms with Gasteiger partial charge in [0, 0.05) is 17.7 Å². The van der Waals surface area contributed by atoms with E-state index in [1.807, 2.05) is 48.5 Å². The smallest absolute Gasteiger partial charge is 0.269 e. The molecule has 0 atom stereocenters. The molecule has 26 heavy (non-hydrogen) atoms. The Morgan fingerprint density at radius 2 is 1.69 bits per heavy atom. The molecular formula is C20H15N3O3. The lowest BCUT2D eigenvalue weighted by molar-refractivity contribution is -0.384. The van der Waals surface area contributed by atoms with Gasteiger partial charge in [-0.15, -0.1) is 0 Å². The molecule has 4 aromatic rings. The van der Waals surface area contributed by atoms with Gasteiger partial charge < -0.3 is 9.72 Å². The predicted octanol–water partition coefficient (Wildman–Crippen LogP) is 4.72. The SMILES string of the molecule is O=[N+]([O-])c1ccc(COc2ccc(-c3nc4ccccc4[nH]3)cc2)cc1. The number of imidazole rings is 1. The zero-order valence-corrected chi connectivity index (χ0v) is 13.8. The van der Waals surface area contributed by atoms with Crippen molar-refractivity contribution in [2.45, 2.75) is 6.61 Å². The first-order valence-electron chi connectivity index (χ1n) is 8.10. The fourth-order valence-corrected chi connectivity index (χ4v) is 2.68. The van der Waals surface area contributed by atoms with Gasteiger partial charge in [0.2, 0.25) is 0 Å². The molecule has 4 rings (SSSR count). The largest absolute Gasteiger partial charge is 0.489 e. The van der Waals surface area contributed by atoms with Crippen LogP contribution in [-0.2, 0) is 6.61 Å². The second-order valence-corrected chi connectivity index (χ2v) is 5.84. The van der Waals surface area contributed by atoms with Crippen LogP contribution in [0, 0.1) is 10.1 Å². The molecule has 0 saturated carbocycles. The summed E-state index contributed by atoms with van der Waals surface area (Å²) in [5, 5.41) is 10.7. The molecule has 0 fully saturated rings. The maximum absolute atomic E-state index is 10.7. The van der Waals surface area contributed by atoms with E-state index in [0.717, 1.165) is 33.7 Å². The molecule has 0 saturated heterocycles. The summed E-state index contributed by atoms with van der Waals surface area (Å²) in [6.07, 6.45) is 0. The van der Waals surface area contributed by atoms with Crippen molar-refractivity contribution >= 4 is 16.7 Å². The van der Waals surface area contributed by atoms with E-state index < -0.39 is 4.92 Å². The number of H-pyrrole nitrogens is 1. The number of hydrogen-bond acceptors (Lipinski definition) is 4. The number of aromatic amines is 1.